The van der Waals surface area contributed by atoms with Crippen LogP contribution in [0.15, 0.2) is 30.6 Å². The zero-order valence-electron chi connectivity index (χ0n) is 11.1. The molecular weight excluding hydrogens is 274 g/mol. The van der Waals surface area contributed by atoms with Crippen LogP contribution in [-0.4, -0.2) is 26.9 Å². The van der Waals surface area contributed by atoms with E-state index in [-0.39, 0.29) is 22.8 Å². The maximum atomic E-state index is 11.7. The van der Waals surface area contributed by atoms with Crippen LogP contribution < -0.4 is 5.32 Å². The first-order valence-electron chi connectivity index (χ1n) is 6.09. The number of benzene rings is 1. The van der Waals surface area contributed by atoms with Crippen LogP contribution in [0.25, 0.3) is 5.69 Å². The summed E-state index contributed by atoms with van der Waals surface area (Å²) in [5.74, 6) is -0.359. The topological polar surface area (TPSA) is 114 Å². The Kier molecular flexibility index (Phi) is 3.95. The summed E-state index contributed by atoms with van der Waals surface area (Å²) in [4.78, 5) is 26.1. The van der Waals surface area contributed by atoms with Gasteiger partial charge in [0.2, 0.25) is 5.82 Å². The predicted octanol–water partition coefficient (Wildman–Crippen LogP) is 1.40. The molecule has 0 atom stereocenters. The van der Waals surface area contributed by atoms with Crippen molar-refractivity contribution >= 4 is 11.6 Å². The fraction of sp³-hybridized carbons (Fsp3) is 0.154. The second-order valence-corrected chi connectivity index (χ2v) is 4.05. The molecule has 1 aromatic carbocycles. The van der Waals surface area contributed by atoms with E-state index in [1.54, 1.807) is 6.92 Å². The van der Waals surface area contributed by atoms with Crippen LogP contribution in [-0.2, 0) is 0 Å². The Morgan fingerprint density at radius 3 is 2.95 bits per heavy atom. The zero-order chi connectivity index (χ0) is 15.4. The lowest BCUT2D eigenvalue weighted by atomic mass is 10.1. The lowest BCUT2D eigenvalue weighted by Crippen LogP contribution is -2.22. The van der Waals surface area contributed by atoms with E-state index in [0.29, 0.717) is 6.54 Å². The number of nitro benzene ring substituents is 1. The number of nitrogens with one attached hydrogen (secondary N) is 1. The molecule has 0 saturated carbocycles. The molecule has 0 saturated heterocycles. The summed E-state index contributed by atoms with van der Waals surface area (Å²) in [6.45, 7) is 2.18. The monoisotopic (exact) mass is 285 g/mol. The maximum Gasteiger partial charge on any atom is 0.294 e. The summed E-state index contributed by atoms with van der Waals surface area (Å²) < 4.78 is 1.31. The molecule has 0 spiro atoms. The van der Waals surface area contributed by atoms with Crippen molar-refractivity contribution in [1.29, 1.82) is 5.26 Å². The van der Waals surface area contributed by atoms with Gasteiger partial charge in [0.15, 0.2) is 0 Å². The summed E-state index contributed by atoms with van der Waals surface area (Å²) in [6.07, 6.45) is 2.83. The van der Waals surface area contributed by atoms with Gasteiger partial charge in [0.1, 0.15) is 11.8 Å². The molecule has 1 heterocycles. The molecule has 8 heteroatoms. The number of hydrogen-bond donors (Lipinski definition) is 1. The molecule has 0 aliphatic carbocycles. The molecule has 21 heavy (non-hydrogen) atoms. The van der Waals surface area contributed by atoms with Crippen molar-refractivity contribution in [1.82, 2.24) is 14.9 Å². The minimum atomic E-state index is -0.598. The molecular formula is C13H11N5O3. The van der Waals surface area contributed by atoms with E-state index in [2.05, 4.69) is 10.3 Å². The third-order valence-corrected chi connectivity index (χ3v) is 2.77. The SMILES string of the molecule is CCNC(=O)c1ccc(-n2ccnc2C#N)c([N+](=O)[O-])c1. The van der Waals surface area contributed by atoms with Gasteiger partial charge in [-0.2, -0.15) is 5.26 Å². The van der Waals surface area contributed by atoms with Crippen LogP contribution in [0, 0.1) is 21.4 Å². The van der Waals surface area contributed by atoms with Gasteiger partial charge in [-0.25, -0.2) is 4.98 Å². The summed E-state index contributed by atoms with van der Waals surface area (Å²) in [7, 11) is 0. The van der Waals surface area contributed by atoms with Crippen molar-refractivity contribution in [3.8, 4) is 11.8 Å². The Bertz CT molecular complexity index is 745. The van der Waals surface area contributed by atoms with Crippen LogP contribution in [0.4, 0.5) is 5.69 Å². The number of carbonyl (C=O) groups is 1. The van der Waals surface area contributed by atoms with Crippen molar-refractivity contribution in [2.24, 2.45) is 0 Å². The van der Waals surface area contributed by atoms with Crippen LogP contribution in [0.2, 0.25) is 0 Å². The lowest BCUT2D eigenvalue weighted by Gasteiger charge is -2.07. The molecule has 2 rings (SSSR count). The number of aromatic nitrogens is 2. The number of carbonyl (C=O) groups excluding carboxylic acids is 1. The van der Waals surface area contributed by atoms with Crippen molar-refractivity contribution in [3.63, 3.8) is 0 Å². The smallest absolute Gasteiger partial charge is 0.294 e. The number of nitriles is 1. The van der Waals surface area contributed by atoms with Crippen molar-refractivity contribution in [3.05, 3.63) is 52.1 Å². The molecule has 0 radical (unpaired) electrons. The Labute approximate surface area is 119 Å². The highest BCUT2D eigenvalue weighted by Gasteiger charge is 2.20. The van der Waals surface area contributed by atoms with Gasteiger partial charge >= 0.3 is 0 Å². The standard InChI is InChI=1S/C13H11N5O3/c1-2-15-13(19)9-3-4-10(11(7-9)18(20)21)17-6-5-16-12(17)8-14/h3-7H,2H2,1H3,(H,15,19). The third kappa shape index (κ3) is 2.71. The third-order valence-electron chi connectivity index (χ3n) is 2.77. The minimum Gasteiger partial charge on any atom is -0.352 e. The summed E-state index contributed by atoms with van der Waals surface area (Å²) >= 11 is 0. The van der Waals surface area contributed by atoms with Crippen molar-refractivity contribution in [2.75, 3.05) is 6.54 Å². The van der Waals surface area contributed by atoms with Crippen LogP contribution in [0.3, 0.4) is 0 Å². The first-order valence-corrected chi connectivity index (χ1v) is 6.09. The molecule has 0 aliphatic rings. The molecule has 0 unspecified atom stereocenters. The van der Waals surface area contributed by atoms with Gasteiger partial charge in [-0.3, -0.25) is 19.5 Å². The van der Waals surface area contributed by atoms with Crippen LogP contribution >= 0.6 is 0 Å². The highest BCUT2D eigenvalue weighted by molar-refractivity contribution is 5.95. The fourth-order valence-electron chi connectivity index (χ4n) is 1.86. The average Bonchev–Trinajstić information content (AvgIpc) is 2.95. The molecule has 1 amide bonds. The van der Waals surface area contributed by atoms with Gasteiger partial charge < -0.3 is 5.32 Å². The first-order chi connectivity index (χ1) is 10.1. The fourth-order valence-corrected chi connectivity index (χ4v) is 1.86. The number of nitro groups is 1. The van der Waals surface area contributed by atoms with Gasteiger partial charge in [-0.05, 0) is 19.1 Å². The average molecular weight is 285 g/mol. The second-order valence-electron chi connectivity index (χ2n) is 4.05. The largest absolute Gasteiger partial charge is 0.352 e. The molecule has 2 aromatic rings. The van der Waals surface area contributed by atoms with Gasteiger partial charge in [0.25, 0.3) is 11.6 Å². The normalized spacial score (nSPS) is 9.90. The van der Waals surface area contributed by atoms with E-state index in [0.717, 1.165) is 0 Å². The van der Waals surface area contributed by atoms with Crippen LogP contribution in [0.1, 0.15) is 23.1 Å². The lowest BCUT2D eigenvalue weighted by molar-refractivity contribution is -0.384. The Morgan fingerprint density at radius 1 is 1.57 bits per heavy atom. The molecule has 106 valence electrons. The first kappa shape index (κ1) is 14.2. The molecule has 0 bridgehead atoms. The highest BCUT2D eigenvalue weighted by atomic mass is 16.6. The minimum absolute atomic E-state index is 0.0314. The Morgan fingerprint density at radius 2 is 2.33 bits per heavy atom. The van der Waals surface area contributed by atoms with Crippen LogP contribution in [0.5, 0.6) is 0 Å². The van der Waals surface area contributed by atoms with E-state index in [4.69, 9.17) is 5.26 Å². The van der Waals surface area contributed by atoms with Gasteiger partial charge in [-0.1, -0.05) is 0 Å². The van der Waals surface area contributed by atoms with Gasteiger partial charge in [0, 0.05) is 30.6 Å². The number of nitrogens with zero attached hydrogens (tertiary/aromatic N) is 4. The maximum absolute atomic E-state index is 11.7. The molecule has 1 aromatic heterocycles. The predicted molar refractivity (Wildman–Crippen MR) is 72.9 cm³/mol. The number of imidazole rings is 1. The van der Waals surface area contributed by atoms with Crippen molar-refractivity contribution < 1.29 is 9.72 Å². The second kappa shape index (κ2) is 5.83. The van der Waals surface area contributed by atoms with E-state index in [9.17, 15) is 14.9 Å². The molecule has 0 fully saturated rings. The van der Waals surface area contributed by atoms with Gasteiger partial charge in [0.05, 0.1) is 4.92 Å². The number of hydrogen-bond acceptors (Lipinski definition) is 5. The van der Waals surface area contributed by atoms with Crippen molar-refractivity contribution in [2.45, 2.75) is 6.92 Å². The van der Waals surface area contributed by atoms with E-state index in [1.165, 1.54) is 35.2 Å². The van der Waals surface area contributed by atoms with E-state index < -0.39 is 10.8 Å². The molecule has 1 N–H and O–H groups in total. The number of rotatable bonds is 4. The molecule has 0 aliphatic heterocycles. The molecule has 8 nitrogen and oxygen atoms in total. The Balaban J connectivity index is 2.56. The van der Waals surface area contributed by atoms with Gasteiger partial charge in [-0.15, -0.1) is 0 Å². The number of amides is 1. The summed E-state index contributed by atoms with van der Waals surface area (Å²) in [6, 6.07) is 5.92. The van der Waals surface area contributed by atoms with E-state index >= 15 is 0 Å². The van der Waals surface area contributed by atoms with E-state index in [1.807, 2.05) is 6.07 Å². The highest BCUT2D eigenvalue weighted by Crippen LogP contribution is 2.25. The quantitative estimate of drug-likeness (QED) is 0.673. The summed E-state index contributed by atoms with van der Waals surface area (Å²) in [5, 5.41) is 22.7. The summed E-state index contributed by atoms with van der Waals surface area (Å²) in [5.41, 5.74) is 0.0984. The zero-order valence-corrected chi connectivity index (χ0v) is 11.1. The Hall–Kier alpha value is -3.21.